The van der Waals surface area contributed by atoms with Gasteiger partial charge in [0.15, 0.2) is 5.92 Å². The van der Waals surface area contributed by atoms with E-state index >= 15 is 0 Å². The quantitative estimate of drug-likeness (QED) is 0.381. The molecule has 0 aliphatic carbocycles. The first-order valence-electron chi connectivity index (χ1n) is 2.62. The maximum atomic E-state index is 10.0. The molecule has 0 aromatic carbocycles. The molecule has 0 aromatic heterocycles. The first kappa shape index (κ1) is 14.6. The fourth-order valence-corrected chi connectivity index (χ4v) is 0.455. The first-order valence-corrected chi connectivity index (χ1v) is 2.62. The number of hydrogen-bond acceptors (Lipinski definition) is 3. The molecule has 0 spiro atoms. The number of carbonyl (C=O) groups is 3. The SMILES string of the molecule is O=C(O)CC(C(=O)O)C(=O)O.[KH]. The molecule has 0 atom stereocenters. The summed E-state index contributed by atoms with van der Waals surface area (Å²) in [4.78, 5) is 30.0. The summed E-state index contributed by atoms with van der Waals surface area (Å²) in [5, 5.41) is 24.4. The number of carboxylic acids is 3. The molecule has 64 valence electrons. The zero-order valence-corrected chi connectivity index (χ0v) is 5.35. The van der Waals surface area contributed by atoms with Crippen molar-refractivity contribution >= 4 is 69.3 Å². The zero-order chi connectivity index (χ0) is 9.02. The van der Waals surface area contributed by atoms with Crippen LogP contribution in [-0.2, 0) is 14.4 Å². The summed E-state index contributed by atoms with van der Waals surface area (Å²) in [6.45, 7) is 0. The Hall–Kier alpha value is 0.0464. The summed E-state index contributed by atoms with van der Waals surface area (Å²) < 4.78 is 0. The van der Waals surface area contributed by atoms with Gasteiger partial charge in [-0.1, -0.05) is 0 Å². The van der Waals surface area contributed by atoms with E-state index in [0.717, 1.165) is 0 Å². The van der Waals surface area contributed by atoms with Crippen LogP contribution in [0.15, 0.2) is 0 Å². The van der Waals surface area contributed by atoms with E-state index in [4.69, 9.17) is 15.3 Å². The van der Waals surface area contributed by atoms with Gasteiger partial charge in [0.25, 0.3) is 0 Å². The Kier molecular flexibility index (Phi) is 7.95. The number of aliphatic carboxylic acids is 3. The summed E-state index contributed by atoms with van der Waals surface area (Å²) in [6.07, 6.45) is -0.898. The van der Waals surface area contributed by atoms with Gasteiger partial charge in [0.1, 0.15) is 0 Å². The van der Waals surface area contributed by atoms with Gasteiger partial charge in [0.2, 0.25) is 0 Å². The molecular formula is C5H7KO6. The van der Waals surface area contributed by atoms with Crippen molar-refractivity contribution in [3.05, 3.63) is 0 Å². The third kappa shape index (κ3) is 5.67. The molecule has 7 heteroatoms. The van der Waals surface area contributed by atoms with Crippen molar-refractivity contribution in [2.75, 3.05) is 0 Å². The monoisotopic (exact) mass is 202 g/mol. The van der Waals surface area contributed by atoms with Crippen LogP contribution in [0.2, 0.25) is 0 Å². The Morgan fingerprint density at radius 3 is 1.42 bits per heavy atom. The minimum atomic E-state index is -1.85. The average molecular weight is 202 g/mol. The van der Waals surface area contributed by atoms with Gasteiger partial charge in [-0.15, -0.1) is 0 Å². The van der Waals surface area contributed by atoms with Gasteiger partial charge >= 0.3 is 69.3 Å². The van der Waals surface area contributed by atoms with Crippen molar-refractivity contribution in [1.29, 1.82) is 0 Å². The molecular weight excluding hydrogens is 195 g/mol. The molecule has 0 bridgehead atoms. The van der Waals surface area contributed by atoms with E-state index in [1.807, 2.05) is 0 Å². The van der Waals surface area contributed by atoms with Crippen LogP contribution in [0, 0.1) is 5.92 Å². The molecule has 0 aliphatic rings. The molecule has 0 rings (SSSR count). The summed E-state index contributed by atoms with van der Waals surface area (Å²) in [6, 6.07) is 0. The van der Waals surface area contributed by atoms with Crippen molar-refractivity contribution in [3.8, 4) is 0 Å². The Labute approximate surface area is 110 Å². The van der Waals surface area contributed by atoms with Gasteiger partial charge in [-0.25, -0.2) is 0 Å². The maximum absolute atomic E-state index is 10.0. The second kappa shape index (κ2) is 6.55. The van der Waals surface area contributed by atoms with E-state index < -0.39 is 30.2 Å². The third-order valence-corrected chi connectivity index (χ3v) is 0.975. The number of carboxylic acid groups (broad SMARTS) is 3. The van der Waals surface area contributed by atoms with Gasteiger partial charge < -0.3 is 15.3 Å². The van der Waals surface area contributed by atoms with Crippen molar-refractivity contribution in [3.63, 3.8) is 0 Å². The van der Waals surface area contributed by atoms with Crippen LogP contribution in [0.1, 0.15) is 6.42 Å². The molecule has 0 saturated heterocycles. The van der Waals surface area contributed by atoms with Crippen LogP contribution in [0.3, 0.4) is 0 Å². The molecule has 0 radical (unpaired) electrons. The van der Waals surface area contributed by atoms with Crippen molar-refractivity contribution < 1.29 is 29.7 Å². The molecule has 12 heavy (non-hydrogen) atoms. The predicted octanol–water partition coefficient (Wildman–Crippen LogP) is -1.40. The number of rotatable bonds is 4. The minimum absolute atomic E-state index is 0. The molecule has 0 unspecified atom stereocenters. The summed E-state index contributed by atoms with van der Waals surface area (Å²) in [7, 11) is 0. The van der Waals surface area contributed by atoms with Crippen LogP contribution in [-0.4, -0.2) is 84.6 Å². The van der Waals surface area contributed by atoms with Crippen molar-refractivity contribution in [2.45, 2.75) is 6.42 Å². The first-order chi connectivity index (χ1) is 4.95. The molecule has 6 nitrogen and oxygen atoms in total. The van der Waals surface area contributed by atoms with E-state index in [0.29, 0.717) is 0 Å². The van der Waals surface area contributed by atoms with E-state index in [9.17, 15) is 14.4 Å². The normalized spacial score (nSPS) is 8.75. The van der Waals surface area contributed by atoms with Gasteiger partial charge in [-0.3, -0.25) is 14.4 Å². The van der Waals surface area contributed by atoms with Gasteiger partial charge in [0.05, 0.1) is 6.42 Å². The Morgan fingerprint density at radius 1 is 1.00 bits per heavy atom. The van der Waals surface area contributed by atoms with Gasteiger partial charge in [0, 0.05) is 0 Å². The average Bonchev–Trinajstić information content (AvgIpc) is 1.81. The van der Waals surface area contributed by atoms with E-state index in [1.54, 1.807) is 0 Å². The van der Waals surface area contributed by atoms with Crippen molar-refractivity contribution in [2.24, 2.45) is 5.92 Å². The molecule has 0 fully saturated rings. The van der Waals surface area contributed by atoms with Gasteiger partial charge in [-0.2, -0.15) is 0 Å². The molecule has 0 aromatic rings. The van der Waals surface area contributed by atoms with E-state index in [-0.39, 0.29) is 51.4 Å². The van der Waals surface area contributed by atoms with Crippen LogP contribution in [0.25, 0.3) is 0 Å². The second-order valence-corrected chi connectivity index (χ2v) is 1.83. The predicted molar refractivity (Wildman–Crippen MR) is 38.2 cm³/mol. The van der Waals surface area contributed by atoms with Crippen LogP contribution >= 0.6 is 0 Å². The fraction of sp³-hybridized carbons (Fsp3) is 0.400. The van der Waals surface area contributed by atoms with E-state index in [1.165, 1.54) is 0 Å². The van der Waals surface area contributed by atoms with Crippen molar-refractivity contribution in [1.82, 2.24) is 0 Å². The second-order valence-electron chi connectivity index (χ2n) is 1.83. The zero-order valence-electron chi connectivity index (χ0n) is 5.35. The van der Waals surface area contributed by atoms with Gasteiger partial charge in [-0.05, 0) is 0 Å². The fourth-order valence-electron chi connectivity index (χ4n) is 0.455. The standard InChI is InChI=1S/C5H6O6.K.H/c6-3(7)1-2(4(8)9)5(10)11;;/h2H,1H2,(H,6,7)(H,8,9)(H,10,11);;. The van der Waals surface area contributed by atoms with E-state index in [2.05, 4.69) is 0 Å². The van der Waals surface area contributed by atoms with Crippen LogP contribution < -0.4 is 0 Å². The van der Waals surface area contributed by atoms with Crippen LogP contribution in [0.5, 0.6) is 0 Å². The summed E-state index contributed by atoms with van der Waals surface area (Å²) >= 11 is 0. The third-order valence-electron chi connectivity index (χ3n) is 0.975. The Bertz CT molecular complexity index is 186. The summed E-state index contributed by atoms with van der Waals surface area (Å²) in [5.41, 5.74) is 0. The molecule has 3 N–H and O–H groups in total. The number of hydrogen-bond donors (Lipinski definition) is 3. The Morgan fingerprint density at radius 2 is 1.33 bits per heavy atom. The Balaban J connectivity index is 0. The molecule has 0 heterocycles. The molecule has 0 saturated carbocycles. The topological polar surface area (TPSA) is 112 Å². The summed E-state index contributed by atoms with van der Waals surface area (Å²) in [5.74, 6) is -6.58. The molecule has 0 aliphatic heterocycles. The van der Waals surface area contributed by atoms with Crippen LogP contribution in [0.4, 0.5) is 0 Å². The molecule has 0 amide bonds.